The van der Waals surface area contributed by atoms with Crippen LogP contribution in [0.3, 0.4) is 0 Å². The number of hydrogen-bond donors (Lipinski definition) is 1. The quantitative estimate of drug-likeness (QED) is 0.856. The molecule has 0 aliphatic carbocycles. The number of piperidine rings is 1. The second-order valence-corrected chi connectivity index (χ2v) is 7.59. The highest BCUT2D eigenvalue weighted by Gasteiger charge is 2.42. The van der Waals surface area contributed by atoms with Crippen molar-refractivity contribution in [2.45, 2.75) is 55.1 Å². The van der Waals surface area contributed by atoms with Gasteiger partial charge in [-0.15, -0.1) is 10.2 Å². The van der Waals surface area contributed by atoms with Gasteiger partial charge in [-0.3, -0.25) is 4.79 Å². The molecule has 1 unspecified atom stereocenters. The van der Waals surface area contributed by atoms with E-state index in [-0.39, 0.29) is 24.1 Å². The number of fused-ring (bicyclic) bond motifs is 2. The second kappa shape index (κ2) is 5.38. The van der Waals surface area contributed by atoms with Crippen molar-refractivity contribution in [3.63, 3.8) is 0 Å². The normalized spacial score (nSPS) is 29.8. The Morgan fingerprint density at radius 3 is 2.68 bits per heavy atom. The van der Waals surface area contributed by atoms with Gasteiger partial charge in [0.2, 0.25) is 5.91 Å². The summed E-state index contributed by atoms with van der Waals surface area (Å²) in [5.74, 6) is 0.606. The van der Waals surface area contributed by atoms with Crippen LogP contribution >= 0.6 is 23.1 Å². The summed E-state index contributed by atoms with van der Waals surface area (Å²) in [5, 5.41) is 18.6. The summed E-state index contributed by atoms with van der Waals surface area (Å²) >= 11 is 2.99. The molecule has 0 aromatic carbocycles. The number of hydrogen-bond acceptors (Lipinski definition) is 6. The van der Waals surface area contributed by atoms with Crippen LogP contribution in [0, 0.1) is 6.92 Å². The van der Waals surface area contributed by atoms with Gasteiger partial charge >= 0.3 is 0 Å². The van der Waals surface area contributed by atoms with Crippen molar-refractivity contribution >= 4 is 29.0 Å². The molecule has 2 aliphatic heterocycles. The van der Waals surface area contributed by atoms with E-state index in [9.17, 15) is 9.90 Å². The van der Waals surface area contributed by atoms with Crippen molar-refractivity contribution in [3.05, 3.63) is 5.01 Å². The molecule has 2 saturated heterocycles. The molecule has 0 radical (unpaired) electrons. The Morgan fingerprint density at radius 2 is 2.11 bits per heavy atom. The lowest BCUT2D eigenvalue weighted by molar-refractivity contribution is -0.134. The van der Waals surface area contributed by atoms with E-state index in [1.165, 1.54) is 23.1 Å². The van der Waals surface area contributed by atoms with E-state index in [1.54, 1.807) is 0 Å². The van der Waals surface area contributed by atoms with Crippen molar-refractivity contribution in [1.29, 1.82) is 0 Å². The Bertz CT molecular complexity index is 465. The van der Waals surface area contributed by atoms with Crippen molar-refractivity contribution in [1.82, 2.24) is 15.1 Å². The minimum Gasteiger partial charge on any atom is -0.393 e. The molecule has 0 saturated carbocycles. The van der Waals surface area contributed by atoms with E-state index in [4.69, 9.17) is 0 Å². The summed E-state index contributed by atoms with van der Waals surface area (Å²) in [4.78, 5) is 14.3. The van der Waals surface area contributed by atoms with Gasteiger partial charge < -0.3 is 10.0 Å². The average Bonchev–Trinajstić information content (AvgIpc) is 2.89. The lowest BCUT2D eigenvalue weighted by Crippen LogP contribution is -2.48. The molecule has 19 heavy (non-hydrogen) atoms. The van der Waals surface area contributed by atoms with E-state index in [0.717, 1.165) is 35.0 Å². The van der Waals surface area contributed by atoms with Crippen LogP contribution in [0.4, 0.5) is 0 Å². The number of aryl methyl sites for hydroxylation is 1. The molecule has 2 bridgehead atoms. The summed E-state index contributed by atoms with van der Waals surface area (Å²) in [6.07, 6.45) is 3.34. The molecule has 7 heteroatoms. The van der Waals surface area contributed by atoms with Crippen LogP contribution in [0.15, 0.2) is 4.34 Å². The fourth-order valence-electron chi connectivity index (χ4n) is 3.09. The molecule has 3 heterocycles. The van der Waals surface area contributed by atoms with Crippen LogP contribution in [0.2, 0.25) is 0 Å². The first-order chi connectivity index (χ1) is 9.13. The van der Waals surface area contributed by atoms with E-state index in [0.29, 0.717) is 5.75 Å². The fraction of sp³-hybridized carbons (Fsp3) is 0.750. The van der Waals surface area contributed by atoms with Crippen LogP contribution in [0.1, 0.15) is 30.7 Å². The number of amides is 1. The number of carbonyl (C=O) groups is 1. The summed E-state index contributed by atoms with van der Waals surface area (Å²) in [6.45, 7) is 1.91. The maximum absolute atomic E-state index is 12.3. The molecular formula is C12H17N3O2S2. The minimum atomic E-state index is -0.222. The third-order valence-corrected chi connectivity index (χ3v) is 5.78. The Kier molecular flexibility index (Phi) is 3.77. The highest BCUT2D eigenvalue weighted by atomic mass is 32.2. The predicted molar refractivity (Wildman–Crippen MR) is 74.3 cm³/mol. The molecule has 2 fully saturated rings. The average molecular weight is 299 g/mol. The Morgan fingerprint density at radius 1 is 1.42 bits per heavy atom. The van der Waals surface area contributed by atoms with Crippen LogP contribution in [0.25, 0.3) is 0 Å². The van der Waals surface area contributed by atoms with Crippen LogP contribution in [-0.4, -0.2) is 50.1 Å². The van der Waals surface area contributed by atoms with Gasteiger partial charge in [0.15, 0.2) is 4.34 Å². The first-order valence-corrected chi connectivity index (χ1v) is 8.36. The SMILES string of the molecule is Cc1nnc(SCC(=O)N2[C@@H]3CC[C@H]2CC(O)C3)s1. The summed E-state index contributed by atoms with van der Waals surface area (Å²) in [5.41, 5.74) is 0. The van der Waals surface area contributed by atoms with E-state index < -0.39 is 0 Å². The smallest absolute Gasteiger partial charge is 0.233 e. The van der Waals surface area contributed by atoms with Crippen molar-refractivity contribution in [2.24, 2.45) is 0 Å². The third-order valence-electron chi connectivity index (χ3n) is 3.82. The highest BCUT2D eigenvalue weighted by Crippen LogP contribution is 2.36. The zero-order valence-electron chi connectivity index (χ0n) is 10.8. The molecular weight excluding hydrogens is 282 g/mol. The third kappa shape index (κ3) is 2.78. The zero-order valence-corrected chi connectivity index (χ0v) is 12.4. The molecule has 3 atom stereocenters. The topological polar surface area (TPSA) is 66.3 Å². The van der Waals surface area contributed by atoms with E-state index >= 15 is 0 Å². The molecule has 1 aromatic rings. The van der Waals surface area contributed by atoms with Gasteiger partial charge in [0, 0.05) is 12.1 Å². The summed E-state index contributed by atoms with van der Waals surface area (Å²) < 4.78 is 0.857. The summed E-state index contributed by atoms with van der Waals surface area (Å²) in [7, 11) is 0. The molecule has 104 valence electrons. The first-order valence-electron chi connectivity index (χ1n) is 6.55. The maximum Gasteiger partial charge on any atom is 0.233 e. The van der Waals surface area contributed by atoms with E-state index in [1.807, 2.05) is 11.8 Å². The Labute approximate surface area is 120 Å². The number of nitrogens with zero attached hydrogens (tertiary/aromatic N) is 3. The lowest BCUT2D eigenvalue weighted by Gasteiger charge is -2.37. The molecule has 3 rings (SSSR count). The first kappa shape index (κ1) is 13.3. The highest BCUT2D eigenvalue weighted by molar-refractivity contribution is 8.01. The van der Waals surface area contributed by atoms with Gasteiger partial charge in [0.05, 0.1) is 11.9 Å². The molecule has 1 amide bonds. The number of aliphatic hydroxyl groups excluding tert-OH is 1. The minimum absolute atomic E-state index is 0.178. The van der Waals surface area contributed by atoms with Crippen molar-refractivity contribution in [3.8, 4) is 0 Å². The largest absolute Gasteiger partial charge is 0.393 e. The van der Waals surface area contributed by atoms with Crippen molar-refractivity contribution in [2.75, 3.05) is 5.75 Å². The monoisotopic (exact) mass is 299 g/mol. The van der Waals surface area contributed by atoms with Gasteiger partial charge in [0.25, 0.3) is 0 Å². The van der Waals surface area contributed by atoms with Crippen molar-refractivity contribution < 1.29 is 9.90 Å². The number of aliphatic hydroxyl groups is 1. The van der Waals surface area contributed by atoms with Gasteiger partial charge in [-0.05, 0) is 32.6 Å². The lowest BCUT2D eigenvalue weighted by atomic mass is 10.00. The number of rotatable bonds is 3. The Balaban J connectivity index is 1.59. The number of thioether (sulfide) groups is 1. The van der Waals surface area contributed by atoms with E-state index in [2.05, 4.69) is 10.2 Å². The van der Waals surface area contributed by atoms with Crippen LogP contribution < -0.4 is 0 Å². The standard InChI is InChI=1S/C12H17N3O2S2/c1-7-13-14-12(19-7)18-6-11(17)15-8-2-3-9(15)5-10(16)4-8/h8-10,16H,2-6H2,1H3/t8-,9+,10?. The molecule has 1 N–H and O–H groups in total. The maximum atomic E-state index is 12.3. The van der Waals surface area contributed by atoms with Gasteiger partial charge in [-0.25, -0.2) is 0 Å². The van der Waals surface area contributed by atoms with Gasteiger partial charge in [-0.2, -0.15) is 0 Å². The molecule has 0 spiro atoms. The predicted octanol–water partition coefficient (Wildman–Crippen LogP) is 1.45. The summed E-state index contributed by atoms with van der Waals surface area (Å²) in [6, 6.07) is 0.496. The number of aromatic nitrogens is 2. The second-order valence-electron chi connectivity index (χ2n) is 5.19. The van der Waals surface area contributed by atoms with Gasteiger partial charge in [-0.1, -0.05) is 23.1 Å². The Hall–Kier alpha value is -0.660. The number of carbonyl (C=O) groups excluding carboxylic acids is 1. The fourth-order valence-corrected chi connectivity index (χ4v) is 4.78. The molecule has 2 aliphatic rings. The molecule has 1 aromatic heterocycles. The zero-order chi connectivity index (χ0) is 13.4. The van der Waals surface area contributed by atoms with Crippen LogP contribution in [0.5, 0.6) is 0 Å². The molecule has 5 nitrogen and oxygen atoms in total. The van der Waals surface area contributed by atoms with Gasteiger partial charge in [0.1, 0.15) is 5.01 Å². The van der Waals surface area contributed by atoms with Crippen LogP contribution in [-0.2, 0) is 4.79 Å².